The number of hydrogen-bond acceptors (Lipinski definition) is 5. The summed E-state index contributed by atoms with van der Waals surface area (Å²) < 4.78 is 5.67. The Kier molecular flexibility index (Phi) is 4.59. The summed E-state index contributed by atoms with van der Waals surface area (Å²) >= 11 is 1.78. The normalized spacial score (nSPS) is 21.2. The van der Waals surface area contributed by atoms with Crippen LogP contribution in [0, 0.1) is 6.92 Å². The average molecular weight is 269 g/mol. The molecule has 2 rings (SSSR count). The number of likely N-dealkylation sites (N-methyl/N-ethyl adjacent to an activating group) is 1. The maximum absolute atomic E-state index is 5.67. The molecule has 1 saturated heterocycles. The average Bonchev–Trinajstić information content (AvgIpc) is 2.97. The molecule has 1 aliphatic rings. The number of rotatable bonds is 5. The number of hydrogen-bond donors (Lipinski definition) is 1. The van der Waals surface area contributed by atoms with Gasteiger partial charge in [0.1, 0.15) is 0 Å². The maximum Gasteiger partial charge on any atom is 0.185 e. The van der Waals surface area contributed by atoms with Gasteiger partial charge in [0.25, 0.3) is 0 Å². The molecular formula is C13H23N3OS. The van der Waals surface area contributed by atoms with Crippen LogP contribution in [0.25, 0.3) is 0 Å². The van der Waals surface area contributed by atoms with Gasteiger partial charge < -0.3 is 15.0 Å². The lowest BCUT2D eigenvalue weighted by atomic mass is 10.2. The van der Waals surface area contributed by atoms with E-state index in [0.29, 0.717) is 12.1 Å². The van der Waals surface area contributed by atoms with Crippen LogP contribution in [0.3, 0.4) is 0 Å². The highest BCUT2D eigenvalue weighted by molar-refractivity contribution is 7.15. The van der Waals surface area contributed by atoms with Gasteiger partial charge in [-0.15, -0.1) is 11.3 Å². The minimum absolute atomic E-state index is 0.368. The van der Waals surface area contributed by atoms with Crippen molar-refractivity contribution in [1.82, 2.24) is 10.3 Å². The molecule has 2 unspecified atom stereocenters. The van der Waals surface area contributed by atoms with Crippen LogP contribution in [-0.2, 0) is 4.74 Å². The van der Waals surface area contributed by atoms with Gasteiger partial charge in [0.2, 0.25) is 0 Å². The predicted octanol–water partition coefficient (Wildman–Crippen LogP) is 2.35. The molecule has 4 nitrogen and oxygen atoms in total. The quantitative estimate of drug-likeness (QED) is 0.890. The molecule has 0 saturated carbocycles. The largest absolute Gasteiger partial charge is 0.376 e. The van der Waals surface area contributed by atoms with Crippen LogP contribution in [0.1, 0.15) is 36.4 Å². The monoisotopic (exact) mass is 269 g/mol. The van der Waals surface area contributed by atoms with Gasteiger partial charge in [-0.1, -0.05) is 0 Å². The lowest BCUT2D eigenvalue weighted by molar-refractivity contribution is 0.116. The van der Waals surface area contributed by atoms with Crippen LogP contribution in [0.15, 0.2) is 0 Å². The van der Waals surface area contributed by atoms with Crippen molar-refractivity contribution >= 4 is 16.5 Å². The Morgan fingerprint density at radius 2 is 2.39 bits per heavy atom. The van der Waals surface area contributed by atoms with Crippen molar-refractivity contribution in [2.45, 2.75) is 38.8 Å². The molecule has 2 heterocycles. The van der Waals surface area contributed by atoms with E-state index < -0.39 is 0 Å². The van der Waals surface area contributed by atoms with Crippen molar-refractivity contribution in [3.8, 4) is 0 Å². The number of aryl methyl sites for hydroxylation is 1. The summed E-state index contributed by atoms with van der Waals surface area (Å²) in [5.74, 6) is 0. The number of anilines is 1. The molecule has 1 aromatic rings. The van der Waals surface area contributed by atoms with Crippen LogP contribution in [-0.4, -0.2) is 38.3 Å². The third kappa shape index (κ3) is 3.02. The first kappa shape index (κ1) is 13.8. The zero-order valence-corrected chi connectivity index (χ0v) is 12.5. The Morgan fingerprint density at radius 1 is 1.61 bits per heavy atom. The summed E-state index contributed by atoms with van der Waals surface area (Å²) in [5.41, 5.74) is 1.14. The van der Waals surface area contributed by atoms with E-state index in [2.05, 4.69) is 36.1 Å². The van der Waals surface area contributed by atoms with Crippen molar-refractivity contribution in [2.24, 2.45) is 0 Å². The Hall–Kier alpha value is -0.650. The third-order valence-electron chi connectivity index (χ3n) is 3.48. The van der Waals surface area contributed by atoms with Gasteiger partial charge in [-0.05, 0) is 33.7 Å². The van der Waals surface area contributed by atoms with Gasteiger partial charge in [0.05, 0.1) is 11.8 Å². The molecule has 5 heteroatoms. The first-order valence-corrected chi connectivity index (χ1v) is 7.40. The fourth-order valence-electron chi connectivity index (χ4n) is 2.26. The molecule has 1 fully saturated rings. The van der Waals surface area contributed by atoms with Gasteiger partial charge in [0.15, 0.2) is 5.13 Å². The predicted molar refractivity (Wildman–Crippen MR) is 76.6 cm³/mol. The zero-order chi connectivity index (χ0) is 13.1. The molecule has 1 aromatic heterocycles. The van der Waals surface area contributed by atoms with Gasteiger partial charge in [-0.25, -0.2) is 4.98 Å². The van der Waals surface area contributed by atoms with Crippen LogP contribution >= 0.6 is 11.3 Å². The number of ether oxygens (including phenoxy) is 1. The summed E-state index contributed by atoms with van der Waals surface area (Å²) in [5, 5.41) is 4.37. The standard InChI is InChI=1S/C13H23N3OS/c1-9(14-3)12-10(2)15-13(18-12)16(4)8-11-6-5-7-17-11/h9,11,14H,5-8H2,1-4H3. The second-order valence-electron chi connectivity index (χ2n) is 4.97. The molecule has 0 amide bonds. The molecule has 0 spiro atoms. The van der Waals surface area contributed by atoms with Crippen molar-refractivity contribution < 1.29 is 4.74 Å². The second-order valence-corrected chi connectivity index (χ2v) is 5.98. The zero-order valence-electron chi connectivity index (χ0n) is 11.7. The highest BCUT2D eigenvalue weighted by atomic mass is 32.1. The van der Waals surface area contributed by atoms with Crippen molar-refractivity contribution in [3.63, 3.8) is 0 Å². The molecule has 0 aliphatic carbocycles. The maximum atomic E-state index is 5.67. The summed E-state index contributed by atoms with van der Waals surface area (Å²) in [7, 11) is 4.09. The van der Waals surface area contributed by atoms with Crippen molar-refractivity contribution in [3.05, 3.63) is 10.6 Å². The Morgan fingerprint density at radius 3 is 3.00 bits per heavy atom. The smallest absolute Gasteiger partial charge is 0.185 e. The van der Waals surface area contributed by atoms with E-state index in [9.17, 15) is 0 Å². The van der Waals surface area contributed by atoms with E-state index in [1.165, 1.54) is 17.7 Å². The Balaban J connectivity index is 2.03. The minimum atomic E-state index is 0.368. The van der Waals surface area contributed by atoms with Gasteiger partial charge in [-0.3, -0.25) is 0 Å². The molecule has 2 atom stereocenters. The third-order valence-corrected chi connectivity index (χ3v) is 4.93. The number of aromatic nitrogens is 1. The van der Waals surface area contributed by atoms with E-state index in [1.807, 2.05) is 7.05 Å². The lowest BCUT2D eigenvalue weighted by Gasteiger charge is -2.19. The summed E-state index contributed by atoms with van der Waals surface area (Å²) in [6.45, 7) is 6.12. The van der Waals surface area contributed by atoms with Crippen molar-refractivity contribution in [2.75, 3.05) is 32.1 Å². The van der Waals surface area contributed by atoms with Gasteiger partial charge >= 0.3 is 0 Å². The fourth-order valence-corrected chi connectivity index (χ4v) is 3.36. The highest BCUT2D eigenvalue weighted by Gasteiger charge is 2.20. The molecule has 1 N–H and O–H groups in total. The topological polar surface area (TPSA) is 37.4 Å². The van der Waals surface area contributed by atoms with E-state index in [0.717, 1.165) is 24.0 Å². The number of nitrogens with one attached hydrogen (secondary N) is 1. The fraction of sp³-hybridized carbons (Fsp3) is 0.769. The number of thiazole rings is 1. The highest BCUT2D eigenvalue weighted by Crippen LogP contribution is 2.30. The summed E-state index contributed by atoms with van der Waals surface area (Å²) in [4.78, 5) is 8.22. The Bertz CT molecular complexity index is 388. The molecule has 0 radical (unpaired) electrons. The molecule has 102 valence electrons. The van der Waals surface area contributed by atoms with Crippen LogP contribution in [0.5, 0.6) is 0 Å². The van der Waals surface area contributed by atoms with Crippen molar-refractivity contribution in [1.29, 1.82) is 0 Å². The molecular weight excluding hydrogens is 246 g/mol. The molecule has 18 heavy (non-hydrogen) atoms. The van der Waals surface area contributed by atoms with E-state index in [4.69, 9.17) is 4.74 Å². The van der Waals surface area contributed by atoms with Crippen LogP contribution in [0.4, 0.5) is 5.13 Å². The van der Waals surface area contributed by atoms with E-state index in [1.54, 1.807) is 11.3 Å². The second kappa shape index (κ2) is 5.99. The minimum Gasteiger partial charge on any atom is -0.376 e. The van der Waals surface area contributed by atoms with Gasteiger partial charge in [-0.2, -0.15) is 0 Å². The SMILES string of the molecule is CNC(C)c1sc(N(C)CC2CCCO2)nc1C. The summed E-state index contributed by atoms with van der Waals surface area (Å²) in [6.07, 6.45) is 2.75. The molecule has 1 aliphatic heterocycles. The Labute approximate surface area is 113 Å². The van der Waals surface area contributed by atoms with E-state index in [-0.39, 0.29) is 0 Å². The first-order chi connectivity index (χ1) is 8.61. The van der Waals surface area contributed by atoms with Gasteiger partial charge in [0, 0.05) is 31.1 Å². The van der Waals surface area contributed by atoms with Crippen LogP contribution in [0.2, 0.25) is 0 Å². The molecule has 0 bridgehead atoms. The van der Waals surface area contributed by atoms with Crippen LogP contribution < -0.4 is 10.2 Å². The number of nitrogens with zero attached hydrogens (tertiary/aromatic N) is 2. The van der Waals surface area contributed by atoms with E-state index >= 15 is 0 Å². The molecule has 0 aromatic carbocycles. The first-order valence-electron chi connectivity index (χ1n) is 6.59. The summed E-state index contributed by atoms with van der Waals surface area (Å²) in [6, 6.07) is 0.368. The lowest BCUT2D eigenvalue weighted by Crippen LogP contribution is -2.28.